The smallest absolute Gasteiger partial charge is 0.0918 e. The van der Waals surface area contributed by atoms with E-state index in [0.717, 1.165) is 12.2 Å². The highest BCUT2D eigenvalue weighted by Gasteiger charge is 2.34. The van der Waals surface area contributed by atoms with Gasteiger partial charge in [-0.15, -0.1) is 6.58 Å². The van der Waals surface area contributed by atoms with Gasteiger partial charge in [-0.25, -0.2) is 0 Å². The average molecular weight is 266 g/mol. The molecule has 0 aliphatic carbocycles. The van der Waals surface area contributed by atoms with Crippen LogP contribution in [0.4, 0.5) is 0 Å². The molecule has 2 unspecified atom stereocenters. The molecule has 0 bridgehead atoms. The topological polar surface area (TPSA) is 9.23 Å². The zero-order valence-electron chi connectivity index (χ0n) is 14.3. The summed E-state index contributed by atoms with van der Waals surface area (Å²) in [5.74, 6) is 2.13. The average Bonchev–Trinajstić information content (AvgIpc) is 2.26. The van der Waals surface area contributed by atoms with Gasteiger partial charge in [-0.3, -0.25) is 0 Å². The molecule has 0 aromatic carbocycles. The van der Waals surface area contributed by atoms with Crippen molar-refractivity contribution in [2.24, 2.45) is 22.7 Å². The molecule has 0 saturated carbocycles. The molecule has 0 amide bonds. The molecule has 0 rings (SSSR count). The van der Waals surface area contributed by atoms with Gasteiger partial charge in [0.2, 0.25) is 0 Å². The van der Waals surface area contributed by atoms with E-state index in [9.17, 15) is 0 Å². The minimum atomic E-state index is 0.277. The SMILES string of the molecule is C=CC(CC(=CC)OC)C(CC(C)(C)C)C(C)(C)C. The van der Waals surface area contributed by atoms with E-state index < -0.39 is 0 Å². The molecule has 0 aromatic rings. The highest BCUT2D eigenvalue weighted by molar-refractivity contribution is 5.00. The van der Waals surface area contributed by atoms with Crippen molar-refractivity contribution >= 4 is 0 Å². The molecule has 0 fully saturated rings. The van der Waals surface area contributed by atoms with Crippen LogP contribution in [0.3, 0.4) is 0 Å². The Hall–Kier alpha value is -0.720. The fraction of sp³-hybridized carbons (Fsp3) is 0.778. The molecule has 19 heavy (non-hydrogen) atoms. The summed E-state index contributed by atoms with van der Waals surface area (Å²) in [4.78, 5) is 0. The monoisotopic (exact) mass is 266 g/mol. The van der Waals surface area contributed by atoms with Crippen molar-refractivity contribution in [3.63, 3.8) is 0 Å². The number of allylic oxidation sites excluding steroid dienone is 3. The number of hydrogen-bond donors (Lipinski definition) is 0. The second-order valence-corrected chi connectivity index (χ2v) is 7.80. The first-order valence-electron chi connectivity index (χ1n) is 7.37. The number of methoxy groups -OCH3 is 1. The van der Waals surface area contributed by atoms with E-state index in [1.54, 1.807) is 7.11 Å². The van der Waals surface area contributed by atoms with Crippen LogP contribution < -0.4 is 0 Å². The maximum absolute atomic E-state index is 5.44. The zero-order chi connectivity index (χ0) is 15.3. The van der Waals surface area contributed by atoms with Crippen molar-refractivity contribution in [2.75, 3.05) is 7.11 Å². The summed E-state index contributed by atoms with van der Waals surface area (Å²) >= 11 is 0. The minimum Gasteiger partial charge on any atom is -0.501 e. The van der Waals surface area contributed by atoms with Crippen LogP contribution >= 0.6 is 0 Å². The van der Waals surface area contributed by atoms with Gasteiger partial charge in [-0.05, 0) is 42.1 Å². The second-order valence-electron chi connectivity index (χ2n) is 7.80. The van der Waals surface area contributed by atoms with Crippen LogP contribution in [0.25, 0.3) is 0 Å². The lowest BCUT2D eigenvalue weighted by Crippen LogP contribution is -2.31. The fourth-order valence-corrected chi connectivity index (χ4v) is 2.70. The summed E-state index contributed by atoms with van der Waals surface area (Å²) < 4.78 is 5.44. The minimum absolute atomic E-state index is 0.277. The Morgan fingerprint density at radius 1 is 1.16 bits per heavy atom. The molecule has 1 heteroatoms. The van der Waals surface area contributed by atoms with Gasteiger partial charge in [0, 0.05) is 6.42 Å². The van der Waals surface area contributed by atoms with E-state index in [0.29, 0.717) is 17.3 Å². The Morgan fingerprint density at radius 3 is 1.95 bits per heavy atom. The van der Waals surface area contributed by atoms with E-state index in [1.807, 2.05) is 6.92 Å². The summed E-state index contributed by atoms with van der Waals surface area (Å²) in [6.07, 6.45) is 6.33. The second kappa shape index (κ2) is 7.17. The van der Waals surface area contributed by atoms with E-state index in [4.69, 9.17) is 4.74 Å². The Labute approximate surface area is 121 Å². The Kier molecular flexibility index (Phi) is 6.89. The molecule has 0 aromatic heterocycles. The highest BCUT2D eigenvalue weighted by atomic mass is 16.5. The van der Waals surface area contributed by atoms with Crippen LogP contribution in [-0.2, 0) is 4.74 Å². The summed E-state index contributed by atoms with van der Waals surface area (Å²) in [5.41, 5.74) is 0.612. The van der Waals surface area contributed by atoms with Gasteiger partial charge in [0.1, 0.15) is 0 Å². The van der Waals surface area contributed by atoms with Gasteiger partial charge < -0.3 is 4.74 Å². The van der Waals surface area contributed by atoms with E-state index in [1.165, 1.54) is 6.42 Å². The number of rotatable bonds is 6. The van der Waals surface area contributed by atoms with Crippen molar-refractivity contribution in [2.45, 2.75) is 61.3 Å². The van der Waals surface area contributed by atoms with Crippen LogP contribution in [0.1, 0.15) is 61.3 Å². The maximum Gasteiger partial charge on any atom is 0.0918 e. The summed E-state index contributed by atoms with van der Waals surface area (Å²) in [6.45, 7) is 20.1. The van der Waals surface area contributed by atoms with Crippen molar-refractivity contribution in [1.82, 2.24) is 0 Å². The summed E-state index contributed by atoms with van der Waals surface area (Å²) in [5, 5.41) is 0. The van der Waals surface area contributed by atoms with E-state index in [2.05, 4.69) is 60.3 Å². The quantitative estimate of drug-likeness (QED) is 0.434. The predicted molar refractivity (Wildman–Crippen MR) is 86.1 cm³/mol. The predicted octanol–water partition coefficient (Wildman–Crippen LogP) is 5.83. The summed E-state index contributed by atoms with van der Waals surface area (Å²) in [7, 11) is 1.76. The van der Waals surface area contributed by atoms with Crippen LogP contribution in [-0.4, -0.2) is 7.11 Å². The Morgan fingerprint density at radius 2 is 1.68 bits per heavy atom. The molecule has 0 radical (unpaired) electrons. The Balaban J connectivity index is 5.15. The number of hydrogen-bond acceptors (Lipinski definition) is 1. The lowest BCUT2D eigenvalue weighted by atomic mass is 9.65. The normalized spacial score (nSPS) is 16.9. The molecule has 0 heterocycles. The van der Waals surface area contributed by atoms with E-state index >= 15 is 0 Å². The Bertz CT molecular complexity index is 299. The van der Waals surface area contributed by atoms with Crippen LogP contribution in [0.15, 0.2) is 24.5 Å². The van der Waals surface area contributed by atoms with Gasteiger partial charge in [0.15, 0.2) is 0 Å². The molecule has 2 atom stereocenters. The maximum atomic E-state index is 5.44. The first-order valence-corrected chi connectivity index (χ1v) is 7.37. The fourth-order valence-electron chi connectivity index (χ4n) is 2.70. The lowest BCUT2D eigenvalue weighted by molar-refractivity contribution is 0.114. The summed E-state index contributed by atoms with van der Waals surface area (Å²) in [6, 6.07) is 0. The van der Waals surface area contributed by atoms with Crippen LogP contribution in [0.2, 0.25) is 0 Å². The molecule has 0 N–H and O–H groups in total. The highest BCUT2D eigenvalue weighted by Crippen LogP contribution is 2.43. The van der Waals surface area contributed by atoms with Gasteiger partial charge >= 0.3 is 0 Å². The largest absolute Gasteiger partial charge is 0.501 e. The standard InChI is InChI=1S/C18H34O/c1-10-14(12-15(11-2)19-9)16(18(6,7)8)13-17(3,4)5/h10-11,14,16H,1,12-13H2,2-9H3. The van der Waals surface area contributed by atoms with Crippen LogP contribution in [0, 0.1) is 22.7 Å². The molecule has 112 valence electrons. The van der Waals surface area contributed by atoms with Crippen LogP contribution in [0.5, 0.6) is 0 Å². The van der Waals surface area contributed by atoms with Gasteiger partial charge in [-0.1, -0.05) is 47.6 Å². The first-order chi connectivity index (χ1) is 8.55. The number of ether oxygens (including phenoxy) is 1. The third-order valence-electron chi connectivity index (χ3n) is 3.79. The zero-order valence-corrected chi connectivity index (χ0v) is 14.3. The molecular weight excluding hydrogens is 232 g/mol. The molecule has 1 nitrogen and oxygen atoms in total. The molecule has 0 spiro atoms. The van der Waals surface area contributed by atoms with E-state index in [-0.39, 0.29) is 5.41 Å². The van der Waals surface area contributed by atoms with Crippen molar-refractivity contribution in [3.8, 4) is 0 Å². The van der Waals surface area contributed by atoms with Gasteiger partial charge in [0.25, 0.3) is 0 Å². The van der Waals surface area contributed by atoms with Crippen molar-refractivity contribution < 1.29 is 4.74 Å². The third kappa shape index (κ3) is 6.84. The van der Waals surface area contributed by atoms with Crippen molar-refractivity contribution in [3.05, 3.63) is 24.5 Å². The third-order valence-corrected chi connectivity index (χ3v) is 3.79. The lowest BCUT2D eigenvalue weighted by Gasteiger charge is -2.40. The first kappa shape index (κ1) is 18.3. The molecule has 0 aliphatic heterocycles. The molecule has 0 saturated heterocycles. The molecular formula is C18H34O. The van der Waals surface area contributed by atoms with Gasteiger partial charge in [0.05, 0.1) is 12.9 Å². The molecule has 0 aliphatic rings. The van der Waals surface area contributed by atoms with Gasteiger partial charge in [-0.2, -0.15) is 0 Å². The van der Waals surface area contributed by atoms with Crippen molar-refractivity contribution in [1.29, 1.82) is 0 Å².